The number of hydrogen-bond acceptors (Lipinski definition) is 4. The lowest BCUT2D eigenvalue weighted by molar-refractivity contribution is -0.141. The van der Waals surface area contributed by atoms with E-state index in [9.17, 15) is 4.79 Å². The quantitative estimate of drug-likeness (QED) is 0.798. The highest BCUT2D eigenvalue weighted by Gasteiger charge is 2.39. The number of nitrogens with zero attached hydrogens (tertiary/aromatic N) is 2. The molecule has 0 aromatic carbocycles. The zero-order valence-electron chi connectivity index (χ0n) is 11.0. The van der Waals surface area contributed by atoms with Gasteiger partial charge in [0.15, 0.2) is 0 Å². The Morgan fingerprint density at radius 1 is 1.42 bits per heavy atom. The maximum absolute atomic E-state index is 12.6. The lowest BCUT2D eigenvalue weighted by atomic mass is 9.89. The number of aromatic nitrogens is 1. The Kier molecular flexibility index (Phi) is 3.24. The van der Waals surface area contributed by atoms with Gasteiger partial charge in [-0.1, -0.05) is 6.07 Å². The fraction of sp³-hybridized carbons (Fsp3) is 0.571. The number of carbonyl (C=O) groups is 1. The van der Waals surface area contributed by atoms with Gasteiger partial charge in [-0.3, -0.25) is 9.78 Å². The summed E-state index contributed by atoms with van der Waals surface area (Å²) in [6, 6.07) is 3.95. The van der Waals surface area contributed by atoms with E-state index >= 15 is 0 Å². The molecule has 0 atom stereocenters. The van der Waals surface area contributed by atoms with Crippen molar-refractivity contribution in [3.8, 4) is 0 Å². The fourth-order valence-electron chi connectivity index (χ4n) is 2.80. The Balaban J connectivity index is 1.75. The summed E-state index contributed by atoms with van der Waals surface area (Å²) >= 11 is 0. The number of nitrogens with two attached hydrogens (primary N) is 1. The van der Waals surface area contributed by atoms with Gasteiger partial charge in [-0.2, -0.15) is 0 Å². The van der Waals surface area contributed by atoms with E-state index in [2.05, 4.69) is 4.98 Å². The van der Waals surface area contributed by atoms with Crippen LogP contribution in [0.4, 0.5) is 0 Å². The van der Waals surface area contributed by atoms with Crippen molar-refractivity contribution >= 4 is 5.91 Å². The summed E-state index contributed by atoms with van der Waals surface area (Å²) < 4.78 is 5.30. The molecule has 3 rings (SSSR count). The minimum absolute atomic E-state index is 0.0605. The second kappa shape index (κ2) is 4.90. The number of fused-ring (bicyclic) bond motifs is 1. The van der Waals surface area contributed by atoms with Gasteiger partial charge in [0.2, 0.25) is 5.91 Å². The van der Waals surface area contributed by atoms with Crippen molar-refractivity contribution < 1.29 is 9.53 Å². The van der Waals surface area contributed by atoms with E-state index in [4.69, 9.17) is 10.5 Å². The summed E-state index contributed by atoms with van der Waals surface area (Å²) in [6.07, 6.45) is 3.85. The molecule has 2 aliphatic heterocycles. The zero-order chi connectivity index (χ0) is 13.3. The standard InChI is InChI=1S/C14H19N3O2/c15-14(4-8-19-9-5-14)13(18)17-7-3-12-11(10-17)2-1-6-16-12/h1-2,6H,3-5,7-10,15H2. The van der Waals surface area contributed by atoms with E-state index in [1.807, 2.05) is 17.0 Å². The van der Waals surface area contributed by atoms with Crippen LogP contribution in [0.3, 0.4) is 0 Å². The average Bonchev–Trinajstić information content (AvgIpc) is 2.47. The molecule has 0 spiro atoms. The lowest BCUT2D eigenvalue weighted by Crippen LogP contribution is -2.58. The van der Waals surface area contributed by atoms with Crippen molar-refractivity contribution in [3.63, 3.8) is 0 Å². The molecule has 1 saturated heterocycles. The van der Waals surface area contributed by atoms with Gasteiger partial charge in [0.25, 0.3) is 0 Å². The van der Waals surface area contributed by atoms with Crippen LogP contribution in [0.1, 0.15) is 24.1 Å². The summed E-state index contributed by atoms with van der Waals surface area (Å²) in [4.78, 5) is 18.8. The molecule has 0 aliphatic carbocycles. The number of hydrogen-bond donors (Lipinski definition) is 1. The van der Waals surface area contributed by atoms with Gasteiger partial charge in [0, 0.05) is 44.6 Å². The Labute approximate surface area is 112 Å². The van der Waals surface area contributed by atoms with E-state index in [1.54, 1.807) is 6.20 Å². The van der Waals surface area contributed by atoms with E-state index in [0.29, 0.717) is 39.1 Å². The first-order valence-corrected chi connectivity index (χ1v) is 6.78. The van der Waals surface area contributed by atoms with Crippen LogP contribution in [0.15, 0.2) is 18.3 Å². The van der Waals surface area contributed by atoms with Gasteiger partial charge in [-0.05, 0) is 24.5 Å². The lowest BCUT2D eigenvalue weighted by Gasteiger charge is -2.38. The minimum Gasteiger partial charge on any atom is -0.381 e. The van der Waals surface area contributed by atoms with Crippen molar-refractivity contribution in [2.24, 2.45) is 5.73 Å². The normalized spacial score (nSPS) is 21.8. The first-order chi connectivity index (χ1) is 9.19. The Hall–Kier alpha value is -1.46. The number of ether oxygens (including phenoxy) is 1. The van der Waals surface area contributed by atoms with Crippen molar-refractivity contribution in [2.75, 3.05) is 19.8 Å². The predicted molar refractivity (Wildman–Crippen MR) is 70.3 cm³/mol. The number of rotatable bonds is 1. The molecule has 0 unspecified atom stereocenters. The third-order valence-electron chi connectivity index (χ3n) is 4.06. The maximum Gasteiger partial charge on any atom is 0.243 e. The monoisotopic (exact) mass is 261 g/mol. The van der Waals surface area contributed by atoms with Gasteiger partial charge in [0.1, 0.15) is 0 Å². The summed E-state index contributed by atoms with van der Waals surface area (Å²) in [5, 5.41) is 0. The molecule has 0 radical (unpaired) electrons. The second-order valence-electron chi connectivity index (χ2n) is 5.35. The molecule has 5 heteroatoms. The summed E-state index contributed by atoms with van der Waals surface area (Å²) in [6.45, 7) is 2.49. The van der Waals surface area contributed by atoms with Gasteiger partial charge >= 0.3 is 0 Å². The average molecular weight is 261 g/mol. The Bertz CT molecular complexity index is 483. The number of pyridine rings is 1. The molecule has 102 valence electrons. The third kappa shape index (κ3) is 2.35. The molecule has 1 aromatic rings. The molecular formula is C14H19N3O2. The minimum atomic E-state index is -0.738. The summed E-state index contributed by atoms with van der Waals surface area (Å²) in [7, 11) is 0. The molecule has 0 saturated carbocycles. The second-order valence-corrected chi connectivity index (χ2v) is 5.35. The van der Waals surface area contributed by atoms with Crippen LogP contribution in [-0.4, -0.2) is 41.1 Å². The summed E-state index contributed by atoms with van der Waals surface area (Å²) in [5.41, 5.74) is 7.77. The molecule has 5 nitrogen and oxygen atoms in total. The molecule has 1 aromatic heterocycles. The van der Waals surface area contributed by atoms with Gasteiger partial charge < -0.3 is 15.4 Å². The van der Waals surface area contributed by atoms with Crippen LogP contribution < -0.4 is 5.73 Å². The predicted octanol–water partition coefficient (Wildman–Crippen LogP) is 0.474. The smallest absolute Gasteiger partial charge is 0.243 e. The van der Waals surface area contributed by atoms with Crippen LogP contribution in [-0.2, 0) is 22.5 Å². The van der Waals surface area contributed by atoms with Crippen molar-refractivity contribution in [3.05, 3.63) is 29.6 Å². The summed E-state index contributed by atoms with van der Waals surface area (Å²) in [5.74, 6) is 0.0605. The van der Waals surface area contributed by atoms with Gasteiger partial charge in [-0.15, -0.1) is 0 Å². The Morgan fingerprint density at radius 3 is 3.00 bits per heavy atom. The largest absolute Gasteiger partial charge is 0.381 e. The van der Waals surface area contributed by atoms with Crippen LogP contribution in [0.2, 0.25) is 0 Å². The molecular weight excluding hydrogens is 242 g/mol. The van der Waals surface area contributed by atoms with Gasteiger partial charge in [-0.25, -0.2) is 0 Å². The van der Waals surface area contributed by atoms with Crippen LogP contribution in [0, 0.1) is 0 Å². The topological polar surface area (TPSA) is 68.5 Å². The number of amides is 1. The van der Waals surface area contributed by atoms with Crippen molar-refractivity contribution in [2.45, 2.75) is 31.3 Å². The maximum atomic E-state index is 12.6. The first-order valence-electron chi connectivity index (χ1n) is 6.78. The number of carbonyl (C=O) groups excluding carboxylic acids is 1. The highest BCUT2D eigenvalue weighted by atomic mass is 16.5. The molecule has 1 amide bonds. The first kappa shape index (κ1) is 12.6. The molecule has 2 N–H and O–H groups in total. The SMILES string of the molecule is NC1(C(=O)N2CCc3ncccc3C2)CCOCC1. The highest BCUT2D eigenvalue weighted by molar-refractivity contribution is 5.86. The Morgan fingerprint density at radius 2 is 2.21 bits per heavy atom. The van der Waals surface area contributed by atoms with Crippen molar-refractivity contribution in [1.82, 2.24) is 9.88 Å². The molecule has 0 bridgehead atoms. The highest BCUT2D eigenvalue weighted by Crippen LogP contribution is 2.24. The van der Waals surface area contributed by atoms with Crippen LogP contribution in [0.5, 0.6) is 0 Å². The third-order valence-corrected chi connectivity index (χ3v) is 4.06. The van der Waals surface area contributed by atoms with Gasteiger partial charge in [0.05, 0.1) is 5.54 Å². The van der Waals surface area contributed by atoms with E-state index < -0.39 is 5.54 Å². The van der Waals surface area contributed by atoms with E-state index in [0.717, 1.165) is 17.7 Å². The van der Waals surface area contributed by atoms with Crippen molar-refractivity contribution in [1.29, 1.82) is 0 Å². The molecule has 2 aliphatic rings. The van der Waals surface area contributed by atoms with E-state index in [1.165, 1.54) is 0 Å². The molecule has 19 heavy (non-hydrogen) atoms. The van der Waals surface area contributed by atoms with E-state index in [-0.39, 0.29) is 5.91 Å². The van der Waals surface area contributed by atoms with Crippen LogP contribution in [0.25, 0.3) is 0 Å². The fourth-order valence-corrected chi connectivity index (χ4v) is 2.80. The van der Waals surface area contributed by atoms with Crippen LogP contribution >= 0.6 is 0 Å². The molecule has 1 fully saturated rings. The zero-order valence-corrected chi connectivity index (χ0v) is 11.0. The molecule has 3 heterocycles.